The van der Waals surface area contributed by atoms with Crippen LogP contribution in [0.4, 0.5) is 0 Å². The normalized spacial score (nSPS) is 30.7. The first kappa shape index (κ1) is 14.7. The molecule has 8 heteroatoms. The largest absolute Gasteiger partial charge is 0.374 e. The van der Waals surface area contributed by atoms with E-state index in [1.165, 1.54) is 16.8 Å². The monoisotopic (exact) mass is 382 g/mol. The van der Waals surface area contributed by atoms with Gasteiger partial charge in [0, 0.05) is 19.4 Å². The molecule has 2 rings (SSSR count). The Hall–Kier alpha value is -0.710. The molecule has 1 aromatic rings. The molecule has 1 N–H and O–H groups in total. The fraction of sp³-hybridized carbons (Fsp3) is 0.636. The molecule has 0 radical (unpaired) electrons. The summed E-state index contributed by atoms with van der Waals surface area (Å²) >= 11 is 1.80. The SMILES string of the molecule is CC[C@H]1O[C@@H](n2ccc(=O)[nH]c2=O)C(OC)C1OI. The van der Waals surface area contributed by atoms with Crippen molar-refractivity contribution in [2.75, 3.05) is 7.11 Å². The van der Waals surface area contributed by atoms with Gasteiger partial charge in [-0.2, -0.15) is 0 Å². The van der Waals surface area contributed by atoms with Crippen molar-refractivity contribution in [2.24, 2.45) is 0 Å². The van der Waals surface area contributed by atoms with Crippen LogP contribution in [0.5, 0.6) is 0 Å². The molecule has 0 spiro atoms. The molecule has 0 amide bonds. The van der Waals surface area contributed by atoms with E-state index >= 15 is 0 Å². The Morgan fingerprint density at radius 3 is 2.74 bits per heavy atom. The van der Waals surface area contributed by atoms with Gasteiger partial charge in [-0.1, -0.05) is 6.92 Å². The topological polar surface area (TPSA) is 82.6 Å². The van der Waals surface area contributed by atoms with Crippen molar-refractivity contribution in [2.45, 2.75) is 37.9 Å². The van der Waals surface area contributed by atoms with E-state index in [1.807, 2.05) is 6.92 Å². The number of ether oxygens (including phenoxy) is 2. The molecule has 1 saturated heterocycles. The lowest BCUT2D eigenvalue weighted by Gasteiger charge is -2.21. The van der Waals surface area contributed by atoms with E-state index in [-0.39, 0.29) is 12.2 Å². The lowest BCUT2D eigenvalue weighted by atomic mass is 10.1. The van der Waals surface area contributed by atoms with Gasteiger partial charge in [-0.25, -0.2) is 4.79 Å². The fourth-order valence-electron chi connectivity index (χ4n) is 2.25. The summed E-state index contributed by atoms with van der Waals surface area (Å²) < 4.78 is 17.9. The predicted molar refractivity (Wildman–Crippen MR) is 75.2 cm³/mol. The molecule has 0 aromatic carbocycles. The van der Waals surface area contributed by atoms with Gasteiger partial charge in [0.15, 0.2) is 6.23 Å². The first-order valence-corrected chi connectivity index (χ1v) is 6.77. The molecule has 2 unspecified atom stereocenters. The second-order valence-electron chi connectivity index (χ2n) is 4.24. The van der Waals surface area contributed by atoms with Gasteiger partial charge in [0.1, 0.15) is 35.2 Å². The van der Waals surface area contributed by atoms with Gasteiger partial charge in [-0.05, 0) is 6.42 Å². The number of methoxy groups -OCH3 is 1. The first-order chi connectivity index (χ1) is 9.12. The highest BCUT2D eigenvalue weighted by atomic mass is 127. The molecule has 0 saturated carbocycles. The van der Waals surface area contributed by atoms with E-state index in [0.29, 0.717) is 0 Å². The van der Waals surface area contributed by atoms with E-state index in [4.69, 9.17) is 12.5 Å². The van der Waals surface area contributed by atoms with Crippen molar-refractivity contribution in [3.8, 4) is 0 Å². The van der Waals surface area contributed by atoms with Crippen molar-refractivity contribution in [3.05, 3.63) is 33.1 Å². The Bertz CT molecular complexity index is 542. The van der Waals surface area contributed by atoms with Crippen LogP contribution in [0.15, 0.2) is 21.9 Å². The lowest BCUT2D eigenvalue weighted by molar-refractivity contribution is -0.0534. The Balaban J connectivity index is 2.38. The Labute approximate surface area is 123 Å². The minimum Gasteiger partial charge on any atom is -0.374 e. The molecular weight excluding hydrogens is 367 g/mol. The summed E-state index contributed by atoms with van der Waals surface area (Å²) in [6.45, 7) is 1.97. The van der Waals surface area contributed by atoms with Crippen molar-refractivity contribution in [1.29, 1.82) is 0 Å². The smallest absolute Gasteiger partial charge is 0.330 e. The second kappa shape index (κ2) is 6.16. The third-order valence-corrected chi connectivity index (χ3v) is 3.78. The fourth-order valence-corrected chi connectivity index (χ4v) is 2.86. The van der Waals surface area contributed by atoms with Crippen LogP contribution in [-0.4, -0.2) is 35.0 Å². The van der Waals surface area contributed by atoms with Gasteiger partial charge < -0.3 is 12.5 Å². The van der Waals surface area contributed by atoms with Crippen LogP contribution in [0.2, 0.25) is 0 Å². The summed E-state index contributed by atoms with van der Waals surface area (Å²) in [7, 11) is 1.54. The van der Waals surface area contributed by atoms with Crippen molar-refractivity contribution in [3.63, 3.8) is 0 Å². The molecular formula is C11H15IN2O5. The van der Waals surface area contributed by atoms with E-state index < -0.39 is 23.6 Å². The number of H-pyrrole nitrogens is 1. The zero-order valence-corrected chi connectivity index (χ0v) is 12.7. The van der Waals surface area contributed by atoms with Gasteiger partial charge in [-0.3, -0.25) is 14.3 Å². The zero-order chi connectivity index (χ0) is 14.0. The maximum atomic E-state index is 11.8. The number of hydrogen-bond donors (Lipinski definition) is 1. The van der Waals surface area contributed by atoms with Crippen LogP contribution < -0.4 is 11.2 Å². The van der Waals surface area contributed by atoms with Gasteiger partial charge in [0.2, 0.25) is 0 Å². The summed E-state index contributed by atoms with van der Waals surface area (Å²) in [5, 5.41) is 0. The van der Waals surface area contributed by atoms with Crippen LogP contribution >= 0.6 is 23.0 Å². The van der Waals surface area contributed by atoms with Crippen LogP contribution in [0.25, 0.3) is 0 Å². The van der Waals surface area contributed by atoms with Gasteiger partial charge in [-0.15, -0.1) is 0 Å². The van der Waals surface area contributed by atoms with Gasteiger partial charge in [0.05, 0.1) is 6.10 Å². The van der Waals surface area contributed by atoms with E-state index in [2.05, 4.69) is 4.98 Å². The molecule has 7 nitrogen and oxygen atoms in total. The van der Waals surface area contributed by atoms with Crippen LogP contribution in [0, 0.1) is 0 Å². The molecule has 1 aliphatic heterocycles. The number of halogens is 1. The number of hydrogen-bond acceptors (Lipinski definition) is 5. The van der Waals surface area contributed by atoms with E-state index in [0.717, 1.165) is 6.42 Å². The highest BCUT2D eigenvalue weighted by Crippen LogP contribution is 2.34. The Kier molecular flexibility index (Phi) is 4.76. The van der Waals surface area contributed by atoms with Crippen molar-refractivity contribution >= 4 is 23.0 Å². The Morgan fingerprint density at radius 2 is 2.21 bits per heavy atom. The molecule has 106 valence electrons. The van der Waals surface area contributed by atoms with E-state index in [9.17, 15) is 9.59 Å². The van der Waals surface area contributed by atoms with Crippen LogP contribution in [0.1, 0.15) is 19.6 Å². The summed E-state index contributed by atoms with van der Waals surface area (Å²) in [6.07, 6.45) is 0.692. The molecule has 19 heavy (non-hydrogen) atoms. The molecule has 1 aromatic heterocycles. The standard InChI is InChI=1S/C11H15IN2O5/c1-3-6-8(19-12)9(17-2)10(18-6)14-5-4-7(15)13-11(14)16/h4-6,8-10H,3H2,1-2H3,(H,13,15,16)/t6-,8?,9?,10-/m1/s1. The number of rotatable bonds is 4. The highest BCUT2D eigenvalue weighted by molar-refractivity contribution is 14.1. The maximum absolute atomic E-state index is 11.8. The summed E-state index contributed by atoms with van der Waals surface area (Å²) in [4.78, 5) is 25.1. The van der Waals surface area contributed by atoms with Crippen LogP contribution in [0.3, 0.4) is 0 Å². The first-order valence-electron chi connectivity index (χ1n) is 5.89. The molecule has 1 fully saturated rings. The maximum Gasteiger partial charge on any atom is 0.330 e. The minimum atomic E-state index is -0.612. The molecule has 1 aliphatic rings. The zero-order valence-electron chi connectivity index (χ0n) is 10.5. The lowest BCUT2D eigenvalue weighted by Crippen LogP contribution is -2.38. The summed E-state index contributed by atoms with van der Waals surface area (Å²) in [5.41, 5.74) is -0.967. The van der Waals surface area contributed by atoms with Gasteiger partial charge >= 0.3 is 5.69 Å². The number of aromatic amines is 1. The van der Waals surface area contributed by atoms with Crippen molar-refractivity contribution in [1.82, 2.24) is 9.55 Å². The third-order valence-electron chi connectivity index (χ3n) is 3.19. The van der Waals surface area contributed by atoms with Gasteiger partial charge in [0.25, 0.3) is 5.56 Å². The molecule has 4 atom stereocenters. The Morgan fingerprint density at radius 1 is 1.47 bits per heavy atom. The average molecular weight is 382 g/mol. The van der Waals surface area contributed by atoms with E-state index in [1.54, 1.807) is 30.1 Å². The number of aromatic nitrogens is 2. The molecule has 2 heterocycles. The highest BCUT2D eigenvalue weighted by Gasteiger charge is 2.46. The number of nitrogens with one attached hydrogen (secondary N) is 1. The third kappa shape index (κ3) is 2.76. The second-order valence-corrected chi connectivity index (χ2v) is 4.75. The average Bonchev–Trinajstić information content (AvgIpc) is 2.76. The molecule has 0 aliphatic carbocycles. The predicted octanol–water partition coefficient (Wildman–Crippen LogP) is 0.594. The summed E-state index contributed by atoms with van der Waals surface area (Å²) in [5.74, 6) is 0. The summed E-state index contributed by atoms with van der Waals surface area (Å²) in [6, 6.07) is 1.27. The van der Waals surface area contributed by atoms with Crippen molar-refractivity contribution < 1.29 is 12.5 Å². The molecule has 0 bridgehead atoms. The number of nitrogens with zero attached hydrogens (tertiary/aromatic N) is 1. The quantitative estimate of drug-likeness (QED) is 0.772. The minimum absolute atomic E-state index is 0.161. The van der Waals surface area contributed by atoms with Crippen LogP contribution in [-0.2, 0) is 12.5 Å².